The minimum atomic E-state index is -0.00556. The molecule has 2 aromatic heterocycles. The average molecular weight is 309 g/mol. The van der Waals surface area contributed by atoms with Gasteiger partial charge in [-0.05, 0) is 44.9 Å². The highest BCUT2D eigenvalue weighted by atomic mass is 16.1. The normalized spacial score (nSPS) is 10.9. The number of hydrogen-bond acceptors (Lipinski definition) is 4. The molecule has 0 aliphatic heterocycles. The van der Waals surface area contributed by atoms with E-state index in [1.165, 1.54) is 5.56 Å². The SMILES string of the molecule is Cc1ccc(NC(=O)CCc2c(C)nn3cnnc3c2C)cc1. The lowest BCUT2D eigenvalue weighted by atomic mass is 10.0. The number of carbonyl (C=O) groups excluding carboxylic acids is 1. The van der Waals surface area contributed by atoms with Crippen LogP contribution in [-0.2, 0) is 11.2 Å². The third kappa shape index (κ3) is 3.21. The monoisotopic (exact) mass is 309 g/mol. The van der Waals surface area contributed by atoms with Gasteiger partial charge < -0.3 is 5.32 Å². The van der Waals surface area contributed by atoms with Crippen LogP contribution in [0.4, 0.5) is 5.69 Å². The molecule has 23 heavy (non-hydrogen) atoms. The zero-order valence-corrected chi connectivity index (χ0v) is 13.5. The molecule has 0 spiro atoms. The summed E-state index contributed by atoms with van der Waals surface area (Å²) in [6.45, 7) is 5.95. The molecule has 0 bridgehead atoms. The number of aromatic nitrogens is 4. The number of benzene rings is 1. The Hall–Kier alpha value is -2.76. The third-order valence-corrected chi connectivity index (χ3v) is 3.95. The minimum absolute atomic E-state index is 0.00556. The van der Waals surface area contributed by atoms with E-state index in [4.69, 9.17) is 0 Å². The number of anilines is 1. The minimum Gasteiger partial charge on any atom is -0.326 e. The van der Waals surface area contributed by atoms with E-state index in [9.17, 15) is 4.79 Å². The molecule has 118 valence electrons. The quantitative estimate of drug-likeness (QED) is 0.804. The summed E-state index contributed by atoms with van der Waals surface area (Å²) in [5, 5.41) is 15.3. The van der Waals surface area contributed by atoms with Crippen LogP contribution in [0, 0.1) is 20.8 Å². The van der Waals surface area contributed by atoms with Crippen molar-refractivity contribution >= 4 is 17.2 Å². The average Bonchev–Trinajstić information content (AvgIpc) is 2.98. The highest BCUT2D eigenvalue weighted by molar-refractivity contribution is 5.90. The maximum Gasteiger partial charge on any atom is 0.224 e. The molecular formula is C17H19N5O. The van der Waals surface area contributed by atoms with Crippen LogP contribution in [0.2, 0.25) is 0 Å². The van der Waals surface area contributed by atoms with Gasteiger partial charge >= 0.3 is 0 Å². The number of rotatable bonds is 4. The predicted octanol–water partition coefficient (Wildman–Crippen LogP) is 2.62. The van der Waals surface area contributed by atoms with Gasteiger partial charge in [0.25, 0.3) is 0 Å². The molecule has 0 unspecified atom stereocenters. The van der Waals surface area contributed by atoms with Crippen LogP contribution in [0.1, 0.15) is 28.8 Å². The number of aryl methyl sites for hydroxylation is 3. The molecule has 0 atom stereocenters. The largest absolute Gasteiger partial charge is 0.326 e. The Labute approximate surface area is 134 Å². The van der Waals surface area contributed by atoms with Gasteiger partial charge in [-0.15, -0.1) is 10.2 Å². The van der Waals surface area contributed by atoms with Crippen molar-refractivity contribution in [1.82, 2.24) is 19.8 Å². The maximum absolute atomic E-state index is 12.1. The lowest BCUT2D eigenvalue weighted by Crippen LogP contribution is -2.14. The molecule has 2 heterocycles. The molecule has 0 aliphatic carbocycles. The van der Waals surface area contributed by atoms with Gasteiger partial charge in [0.05, 0.1) is 5.69 Å². The van der Waals surface area contributed by atoms with E-state index < -0.39 is 0 Å². The summed E-state index contributed by atoms with van der Waals surface area (Å²) in [5.41, 5.74) is 5.71. The van der Waals surface area contributed by atoms with Crippen LogP contribution in [0.3, 0.4) is 0 Å². The number of amides is 1. The van der Waals surface area contributed by atoms with Gasteiger partial charge in [0.1, 0.15) is 6.33 Å². The Morgan fingerprint density at radius 1 is 1.17 bits per heavy atom. The Morgan fingerprint density at radius 2 is 1.91 bits per heavy atom. The zero-order chi connectivity index (χ0) is 16.4. The Kier molecular flexibility index (Phi) is 4.06. The van der Waals surface area contributed by atoms with Crippen molar-refractivity contribution in [3.05, 3.63) is 53.0 Å². The second kappa shape index (κ2) is 6.16. The summed E-state index contributed by atoms with van der Waals surface area (Å²) >= 11 is 0. The number of hydrogen-bond donors (Lipinski definition) is 1. The van der Waals surface area contributed by atoms with Crippen molar-refractivity contribution in [3.63, 3.8) is 0 Å². The van der Waals surface area contributed by atoms with Crippen LogP contribution in [0.5, 0.6) is 0 Å². The summed E-state index contributed by atoms with van der Waals surface area (Å²) in [7, 11) is 0. The Bertz CT molecular complexity index is 851. The van der Waals surface area contributed by atoms with Gasteiger partial charge in [-0.2, -0.15) is 5.10 Å². The van der Waals surface area contributed by atoms with Gasteiger partial charge in [0.15, 0.2) is 5.65 Å². The molecule has 0 radical (unpaired) electrons. The van der Waals surface area contributed by atoms with Gasteiger partial charge in [0, 0.05) is 17.7 Å². The van der Waals surface area contributed by atoms with Gasteiger partial charge in [0.2, 0.25) is 5.91 Å². The van der Waals surface area contributed by atoms with Crippen LogP contribution in [-0.4, -0.2) is 25.7 Å². The molecule has 1 amide bonds. The third-order valence-electron chi connectivity index (χ3n) is 3.95. The predicted molar refractivity (Wildman–Crippen MR) is 88.4 cm³/mol. The highest BCUT2D eigenvalue weighted by Gasteiger charge is 2.12. The highest BCUT2D eigenvalue weighted by Crippen LogP contribution is 2.17. The molecule has 6 nitrogen and oxygen atoms in total. The summed E-state index contributed by atoms with van der Waals surface area (Å²) < 4.78 is 1.67. The van der Waals surface area contributed by atoms with E-state index in [2.05, 4.69) is 20.6 Å². The standard InChI is InChI=1S/C17H19N5O/c1-11-4-6-14(7-5-11)19-16(23)9-8-15-12(2)17-20-18-10-22(17)21-13(15)3/h4-7,10H,8-9H2,1-3H3,(H,19,23). The van der Waals surface area contributed by atoms with Crippen LogP contribution < -0.4 is 5.32 Å². The second-order valence-electron chi connectivity index (χ2n) is 5.70. The smallest absolute Gasteiger partial charge is 0.224 e. The van der Waals surface area contributed by atoms with Crippen LogP contribution >= 0.6 is 0 Å². The van der Waals surface area contributed by atoms with E-state index >= 15 is 0 Å². The summed E-state index contributed by atoms with van der Waals surface area (Å²) in [5.74, 6) is -0.00556. The molecule has 1 aromatic carbocycles. The van der Waals surface area contributed by atoms with Crippen molar-refractivity contribution in [2.75, 3.05) is 5.32 Å². The van der Waals surface area contributed by atoms with Gasteiger partial charge in [-0.3, -0.25) is 4.79 Å². The topological polar surface area (TPSA) is 72.2 Å². The molecular weight excluding hydrogens is 290 g/mol. The maximum atomic E-state index is 12.1. The van der Waals surface area contributed by atoms with Crippen LogP contribution in [0.25, 0.3) is 5.65 Å². The fourth-order valence-electron chi connectivity index (χ4n) is 2.65. The Morgan fingerprint density at radius 3 is 2.65 bits per heavy atom. The van der Waals surface area contributed by atoms with Gasteiger partial charge in [-0.25, -0.2) is 4.52 Å². The first-order valence-corrected chi connectivity index (χ1v) is 7.57. The van der Waals surface area contributed by atoms with E-state index in [0.717, 1.165) is 28.2 Å². The number of nitrogens with one attached hydrogen (secondary N) is 1. The lowest BCUT2D eigenvalue weighted by Gasteiger charge is -2.10. The summed E-state index contributed by atoms with van der Waals surface area (Å²) in [6, 6.07) is 7.78. The van der Waals surface area contributed by atoms with Crippen LogP contribution in [0.15, 0.2) is 30.6 Å². The molecule has 0 saturated carbocycles. The second-order valence-corrected chi connectivity index (χ2v) is 5.70. The van der Waals surface area contributed by atoms with E-state index in [1.807, 2.05) is 45.0 Å². The lowest BCUT2D eigenvalue weighted by molar-refractivity contribution is -0.116. The number of fused-ring (bicyclic) bond motifs is 1. The first-order chi connectivity index (χ1) is 11.0. The molecule has 0 aliphatic rings. The van der Waals surface area contributed by atoms with E-state index in [1.54, 1.807) is 10.8 Å². The molecule has 0 saturated heterocycles. The van der Waals surface area contributed by atoms with E-state index in [-0.39, 0.29) is 5.91 Å². The summed E-state index contributed by atoms with van der Waals surface area (Å²) in [4.78, 5) is 12.1. The van der Waals surface area contributed by atoms with Crippen molar-refractivity contribution in [3.8, 4) is 0 Å². The van der Waals surface area contributed by atoms with Crippen molar-refractivity contribution in [2.45, 2.75) is 33.6 Å². The molecule has 3 rings (SSSR count). The molecule has 3 aromatic rings. The van der Waals surface area contributed by atoms with Crippen molar-refractivity contribution in [2.24, 2.45) is 0 Å². The summed E-state index contributed by atoms with van der Waals surface area (Å²) in [6.07, 6.45) is 2.62. The first-order valence-electron chi connectivity index (χ1n) is 7.57. The zero-order valence-electron chi connectivity index (χ0n) is 13.5. The Balaban J connectivity index is 1.70. The first kappa shape index (κ1) is 15.1. The van der Waals surface area contributed by atoms with Crippen molar-refractivity contribution < 1.29 is 4.79 Å². The number of nitrogens with zero attached hydrogens (tertiary/aromatic N) is 4. The fraction of sp³-hybridized carbons (Fsp3) is 0.294. The van der Waals surface area contributed by atoms with Gasteiger partial charge in [-0.1, -0.05) is 17.7 Å². The molecule has 1 N–H and O–H groups in total. The van der Waals surface area contributed by atoms with E-state index in [0.29, 0.717) is 12.8 Å². The number of carbonyl (C=O) groups is 1. The molecule has 6 heteroatoms. The van der Waals surface area contributed by atoms with Crippen molar-refractivity contribution in [1.29, 1.82) is 0 Å². The fourth-order valence-corrected chi connectivity index (χ4v) is 2.65. The molecule has 0 fully saturated rings.